The summed E-state index contributed by atoms with van der Waals surface area (Å²) in [5.41, 5.74) is 0. The Hall–Kier alpha value is -0.0800. The van der Waals surface area contributed by atoms with Gasteiger partial charge in [0, 0.05) is 12.1 Å². The monoisotopic (exact) mass is 185 g/mol. The highest BCUT2D eigenvalue weighted by molar-refractivity contribution is 4.87. The van der Waals surface area contributed by atoms with Crippen LogP contribution in [-0.4, -0.2) is 23.3 Å². The van der Waals surface area contributed by atoms with Crippen molar-refractivity contribution in [3.63, 3.8) is 0 Å². The predicted octanol–water partition coefficient (Wildman–Crippen LogP) is 1.92. The minimum Gasteiger partial charge on any atom is -0.393 e. The van der Waals surface area contributed by atoms with Crippen molar-refractivity contribution in [2.24, 2.45) is 5.92 Å². The molecule has 3 atom stereocenters. The number of rotatable bonds is 6. The highest BCUT2D eigenvalue weighted by Gasteiger charge is 2.30. The van der Waals surface area contributed by atoms with Crippen LogP contribution in [0, 0.1) is 5.92 Å². The van der Waals surface area contributed by atoms with Gasteiger partial charge in [0.25, 0.3) is 0 Å². The quantitative estimate of drug-likeness (QED) is 0.662. The molecule has 0 amide bonds. The van der Waals surface area contributed by atoms with Crippen molar-refractivity contribution in [2.75, 3.05) is 0 Å². The zero-order valence-electron chi connectivity index (χ0n) is 9.09. The standard InChI is InChI=1S/C11H23NO/c1-4-11(10-5-6-10)12-8(2)7-9(3)13/h8-13H,4-7H2,1-3H3. The Morgan fingerprint density at radius 2 is 2.00 bits per heavy atom. The molecule has 1 rings (SSSR count). The third-order valence-corrected chi connectivity index (χ3v) is 2.82. The number of nitrogens with one attached hydrogen (secondary N) is 1. The molecule has 1 fully saturated rings. The van der Waals surface area contributed by atoms with Crippen LogP contribution in [-0.2, 0) is 0 Å². The zero-order valence-corrected chi connectivity index (χ0v) is 9.09. The second-order valence-corrected chi connectivity index (χ2v) is 4.50. The van der Waals surface area contributed by atoms with Gasteiger partial charge in [-0.3, -0.25) is 0 Å². The van der Waals surface area contributed by atoms with Crippen molar-refractivity contribution < 1.29 is 5.11 Å². The van der Waals surface area contributed by atoms with Gasteiger partial charge in [0.1, 0.15) is 0 Å². The lowest BCUT2D eigenvalue weighted by atomic mass is 10.1. The molecule has 1 saturated carbocycles. The molecule has 1 aliphatic rings. The summed E-state index contributed by atoms with van der Waals surface area (Å²) in [6.45, 7) is 6.26. The van der Waals surface area contributed by atoms with E-state index in [0.717, 1.165) is 12.3 Å². The van der Waals surface area contributed by atoms with Gasteiger partial charge in [0.15, 0.2) is 0 Å². The molecule has 0 aliphatic heterocycles. The van der Waals surface area contributed by atoms with Gasteiger partial charge in [-0.15, -0.1) is 0 Å². The summed E-state index contributed by atoms with van der Waals surface area (Å²) in [5, 5.41) is 12.8. The minimum atomic E-state index is -0.181. The van der Waals surface area contributed by atoms with Gasteiger partial charge in [-0.1, -0.05) is 6.92 Å². The first-order chi connectivity index (χ1) is 6.13. The van der Waals surface area contributed by atoms with Crippen LogP contribution >= 0.6 is 0 Å². The third kappa shape index (κ3) is 4.10. The third-order valence-electron chi connectivity index (χ3n) is 2.82. The highest BCUT2D eigenvalue weighted by atomic mass is 16.3. The molecule has 0 spiro atoms. The summed E-state index contributed by atoms with van der Waals surface area (Å²) >= 11 is 0. The second-order valence-electron chi connectivity index (χ2n) is 4.50. The Kier molecular flexibility index (Phi) is 4.20. The second kappa shape index (κ2) is 4.97. The first-order valence-corrected chi connectivity index (χ1v) is 5.57. The Morgan fingerprint density at radius 1 is 1.38 bits per heavy atom. The molecule has 0 radical (unpaired) electrons. The maximum atomic E-state index is 9.22. The number of hydrogen-bond donors (Lipinski definition) is 2. The van der Waals surface area contributed by atoms with Crippen molar-refractivity contribution in [3.8, 4) is 0 Å². The Bertz CT molecular complexity index is 143. The fraction of sp³-hybridized carbons (Fsp3) is 1.00. The van der Waals surface area contributed by atoms with Gasteiger partial charge in [-0.25, -0.2) is 0 Å². The van der Waals surface area contributed by atoms with Crippen molar-refractivity contribution in [1.82, 2.24) is 5.32 Å². The summed E-state index contributed by atoms with van der Waals surface area (Å²) in [5.74, 6) is 0.918. The maximum Gasteiger partial charge on any atom is 0.0526 e. The van der Waals surface area contributed by atoms with E-state index >= 15 is 0 Å². The van der Waals surface area contributed by atoms with Crippen LogP contribution in [0.4, 0.5) is 0 Å². The average Bonchev–Trinajstić information content (AvgIpc) is 2.81. The van der Waals surface area contributed by atoms with Crippen LogP contribution in [0.5, 0.6) is 0 Å². The van der Waals surface area contributed by atoms with Gasteiger partial charge in [-0.2, -0.15) is 0 Å². The first-order valence-electron chi connectivity index (χ1n) is 5.57. The Morgan fingerprint density at radius 3 is 2.38 bits per heavy atom. The van der Waals surface area contributed by atoms with Crippen molar-refractivity contribution in [1.29, 1.82) is 0 Å². The van der Waals surface area contributed by atoms with E-state index in [-0.39, 0.29) is 6.10 Å². The van der Waals surface area contributed by atoms with E-state index in [1.807, 2.05) is 6.92 Å². The van der Waals surface area contributed by atoms with Gasteiger partial charge >= 0.3 is 0 Å². The van der Waals surface area contributed by atoms with Crippen LogP contribution in [0.2, 0.25) is 0 Å². The molecule has 78 valence electrons. The topological polar surface area (TPSA) is 32.3 Å². The van der Waals surface area contributed by atoms with Crippen LogP contribution in [0.3, 0.4) is 0 Å². The normalized spacial score (nSPS) is 24.0. The molecular formula is C11H23NO. The summed E-state index contributed by atoms with van der Waals surface area (Å²) < 4.78 is 0. The van der Waals surface area contributed by atoms with Gasteiger partial charge in [0.2, 0.25) is 0 Å². The van der Waals surface area contributed by atoms with E-state index in [2.05, 4.69) is 19.2 Å². The van der Waals surface area contributed by atoms with E-state index in [1.165, 1.54) is 19.3 Å². The molecule has 3 unspecified atom stereocenters. The summed E-state index contributed by atoms with van der Waals surface area (Å²) in [4.78, 5) is 0. The lowest BCUT2D eigenvalue weighted by Crippen LogP contribution is -2.39. The molecule has 0 aromatic rings. The predicted molar refractivity (Wildman–Crippen MR) is 55.7 cm³/mol. The molecule has 0 aromatic carbocycles. The molecule has 2 nitrogen and oxygen atoms in total. The van der Waals surface area contributed by atoms with E-state index in [9.17, 15) is 5.11 Å². The molecule has 0 aromatic heterocycles. The fourth-order valence-electron chi connectivity index (χ4n) is 2.03. The number of aliphatic hydroxyl groups excluding tert-OH is 1. The summed E-state index contributed by atoms with van der Waals surface area (Å²) in [7, 11) is 0. The van der Waals surface area contributed by atoms with Gasteiger partial charge in [-0.05, 0) is 45.4 Å². The van der Waals surface area contributed by atoms with Crippen LogP contribution in [0.15, 0.2) is 0 Å². The van der Waals surface area contributed by atoms with Crippen LogP contribution in [0.25, 0.3) is 0 Å². The lowest BCUT2D eigenvalue weighted by molar-refractivity contribution is 0.166. The molecule has 2 N–H and O–H groups in total. The first kappa shape index (κ1) is 11.0. The van der Waals surface area contributed by atoms with Crippen molar-refractivity contribution in [3.05, 3.63) is 0 Å². The van der Waals surface area contributed by atoms with E-state index in [1.54, 1.807) is 0 Å². The van der Waals surface area contributed by atoms with Gasteiger partial charge in [0.05, 0.1) is 6.10 Å². The molecule has 1 aliphatic carbocycles. The van der Waals surface area contributed by atoms with Crippen molar-refractivity contribution >= 4 is 0 Å². The maximum absolute atomic E-state index is 9.22. The highest BCUT2D eigenvalue weighted by Crippen LogP contribution is 2.34. The van der Waals surface area contributed by atoms with Gasteiger partial charge < -0.3 is 10.4 Å². The average molecular weight is 185 g/mol. The molecule has 2 heteroatoms. The zero-order chi connectivity index (χ0) is 9.84. The van der Waals surface area contributed by atoms with Crippen LogP contribution in [0.1, 0.15) is 46.5 Å². The number of hydrogen-bond acceptors (Lipinski definition) is 2. The smallest absolute Gasteiger partial charge is 0.0526 e. The van der Waals surface area contributed by atoms with Crippen LogP contribution < -0.4 is 5.32 Å². The SMILES string of the molecule is CCC(NC(C)CC(C)O)C1CC1. The van der Waals surface area contributed by atoms with E-state index in [0.29, 0.717) is 12.1 Å². The number of aliphatic hydroxyl groups is 1. The fourth-order valence-corrected chi connectivity index (χ4v) is 2.03. The molecule has 0 saturated heterocycles. The van der Waals surface area contributed by atoms with E-state index < -0.39 is 0 Å². The van der Waals surface area contributed by atoms with E-state index in [4.69, 9.17) is 0 Å². The lowest BCUT2D eigenvalue weighted by Gasteiger charge is -2.22. The molecule has 0 heterocycles. The van der Waals surface area contributed by atoms with Crippen molar-refractivity contribution in [2.45, 2.75) is 64.6 Å². The minimum absolute atomic E-state index is 0.181. The Balaban J connectivity index is 2.19. The largest absolute Gasteiger partial charge is 0.393 e. The summed E-state index contributed by atoms with van der Waals surface area (Å²) in [6.07, 6.45) is 4.69. The molecule has 13 heavy (non-hydrogen) atoms. The summed E-state index contributed by atoms with van der Waals surface area (Å²) in [6, 6.07) is 1.14. The molecule has 0 bridgehead atoms. The Labute approximate surface area is 81.7 Å². The molecular weight excluding hydrogens is 162 g/mol.